The van der Waals surface area contributed by atoms with Gasteiger partial charge in [0.25, 0.3) is 0 Å². The van der Waals surface area contributed by atoms with Gasteiger partial charge in [0.1, 0.15) is 5.75 Å². The number of carbonyl (C=O) groups is 2. The van der Waals surface area contributed by atoms with Gasteiger partial charge >= 0.3 is 0 Å². The number of ketones is 2. The van der Waals surface area contributed by atoms with Gasteiger partial charge in [-0.1, -0.05) is 38.2 Å². The Kier molecular flexibility index (Phi) is 5.65. The predicted molar refractivity (Wildman–Crippen MR) is 85.7 cm³/mol. The average Bonchev–Trinajstić information content (AvgIpc) is 2.35. The van der Waals surface area contributed by atoms with E-state index in [1.54, 1.807) is 18.2 Å². The summed E-state index contributed by atoms with van der Waals surface area (Å²) in [7, 11) is 0. The van der Waals surface area contributed by atoms with Crippen LogP contribution in [0.2, 0.25) is 0 Å². The smallest absolute Gasteiger partial charge is 0.166 e. The summed E-state index contributed by atoms with van der Waals surface area (Å²) < 4.78 is 0. The van der Waals surface area contributed by atoms with Crippen molar-refractivity contribution in [3.63, 3.8) is 0 Å². The van der Waals surface area contributed by atoms with E-state index in [1.165, 1.54) is 13.0 Å². The van der Waals surface area contributed by atoms with Gasteiger partial charge in [0, 0.05) is 17.5 Å². The molecule has 0 saturated carbocycles. The van der Waals surface area contributed by atoms with E-state index in [-0.39, 0.29) is 28.8 Å². The SMILES string of the molecule is C=C(C)C=Cc1cc(C(C)=O)cc(C(=O)CC(C)C)c1O. The molecule has 1 N–H and O–H groups in total. The molecule has 0 fully saturated rings. The van der Waals surface area contributed by atoms with Crippen LogP contribution in [0.5, 0.6) is 5.75 Å². The fraction of sp³-hybridized carbons (Fsp3) is 0.333. The van der Waals surface area contributed by atoms with E-state index in [2.05, 4.69) is 6.58 Å². The second-order valence-electron chi connectivity index (χ2n) is 5.72. The molecule has 0 spiro atoms. The molecular formula is C18H22O3. The molecular weight excluding hydrogens is 264 g/mol. The van der Waals surface area contributed by atoms with Gasteiger partial charge in [-0.25, -0.2) is 0 Å². The number of carbonyl (C=O) groups excluding carboxylic acids is 2. The average molecular weight is 286 g/mol. The third-order valence-corrected chi connectivity index (χ3v) is 2.99. The molecule has 0 unspecified atom stereocenters. The Morgan fingerprint density at radius 1 is 1.29 bits per heavy atom. The van der Waals surface area contributed by atoms with Gasteiger partial charge in [0.15, 0.2) is 11.6 Å². The van der Waals surface area contributed by atoms with Crippen molar-refractivity contribution in [3.05, 3.63) is 47.1 Å². The molecule has 0 aromatic heterocycles. The number of Topliss-reactive ketones (excluding diaryl/α,β-unsaturated/α-hetero) is 2. The number of phenolic OH excluding ortho intramolecular Hbond substituents is 1. The molecule has 3 heteroatoms. The fourth-order valence-electron chi connectivity index (χ4n) is 1.91. The van der Waals surface area contributed by atoms with Crippen molar-refractivity contribution < 1.29 is 14.7 Å². The van der Waals surface area contributed by atoms with Crippen molar-refractivity contribution in [3.8, 4) is 5.75 Å². The maximum absolute atomic E-state index is 12.2. The summed E-state index contributed by atoms with van der Waals surface area (Å²) in [6, 6.07) is 3.06. The molecule has 0 heterocycles. The normalized spacial score (nSPS) is 11.1. The summed E-state index contributed by atoms with van der Waals surface area (Å²) in [5.74, 6) is -0.190. The highest BCUT2D eigenvalue weighted by Gasteiger charge is 2.17. The monoisotopic (exact) mass is 286 g/mol. The lowest BCUT2D eigenvalue weighted by Gasteiger charge is -2.10. The minimum Gasteiger partial charge on any atom is -0.507 e. The third kappa shape index (κ3) is 4.71. The van der Waals surface area contributed by atoms with E-state index in [4.69, 9.17) is 0 Å². The van der Waals surface area contributed by atoms with Crippen LogP contribution in [0.15, 0.2) is 30.4 Å². The molecule has 0 aliphatic rings. The molecule has 112 valence electrons. The molecule has 0 atom stereocenters. The molecule has 0 radical (unpaired) electrons. The molecule has 0 saturated heterocycles. The van der Waals surface area contributed by atoms with Crippen molar-refractivity contribution in [2.75, 3.05) is 0 Å². The molecule has 1 aromatic rings. The Labute approximate surface area is 126 Å². The van der Waals surface area contributed by atoms with Gasteiger partial charge < -0.3 is 5.11 Å². The summed E-state index contributed by atoms with van der Waals surface area (Å²) in [5.41, 5.74) is 1.90. The minimum atomic E-state index is -0.157. The number of hydrogen-bond acceptors (Lipinski definition) is 3. The van der Waals surface area contributed by atoms with Crippen LogP contribution >= 0.6 is 0 Å². The van der Waals surface area contributed by atoms with Crippen LogP contribution in [-0.4, -0.2) is 16.7 Å². The highest BCUT2D eigenvalue weighted by molar-refractivity contribution is 6.03. The minimum absolute atomic E-state index is 0.0804. The number of benzene rings is 1. The quantitative estimate of drug-likeness (QED) is 0.622. The summed E-state index contributed by atoms with van der Waals surface area (Å²) in [6.07, 6.45) is 3.73. The number of rotatable bonds is 6. The van der Waals surface area contributed by atoms with Crippen LogP contribution in [0, 0.1) is 5.92 Å². The van der Waals surface area contributed by atoms with Crippen LogP contribution in [0.3, 0.4) is 0 Å². The summed E-state index contributed by atoms with van der Waals surface area (Å²) in [4.78, 5) is 23.8. The zero-order chi connectivity index (χ0) is 16.2. The molecule has 0 aliphatic heterocycles. The molecule has 21 heavy (non-hydrogen) atoms. The van der Waals surface area contributed by atoms with Crippen LogP contribution in [0.4, 0.5) is 0 Å². The third-order valence-electron chi connectivity index (χ3n) is 2.99. The van der Waals surface area contributed by atoms with Gasteiger partial charge in [-0.15, -0.1) is 0 Å². The molecule has 0 amide bonds. The maximum atomic E-state index is 12.2. The van der Waals surface area contributed by atoms with E-state index in [1.807, 2.05) is 20.8 Å². The van der Waals surface area contributed by atoms with Crippen LogP contribution in [0.1, 0.15) is 60.4 Å². The first-order valence-electron chi connectivity index (χ1n) is 6.97. The van der Waals surface area contributed by atoms with E-state index in [0.29, 0.717) is 17.5 Å². The highest BCUT2D eigenvalue weighted by Crippen LogP contribution is 2.28. The number of hydrogen-bond donors (Lipinski definition) is 1. The second kappa shape index (κ2) is 7.02. The van der Waals surface area contributed by atoms with Gasteiger partial charge in [0.05, 0.1) is 5.56 Å². The molecule has 1 aromatic carbocycles. The van der Waals surface area contributed by atoms with Crippen molar-refractivity contribution in [1.82, 2.24) is 0 Å². The van der Waals surface area contributed by atoms with Crippen molar-refractivity contribution >= 4 is 17.6 Å². The second-order valence-corrected chi connectivity index (χ2v) is 5.72. The Morgan fingerprint density at radius 2 is 1.90 bits per heavy atom. The van der Waals surface area contributed by atoms with Gasteiger partial charge in [-0.05, 0) is 31.9 Å². The predicted octanol–water partition coefficient (Wildman–Crippen LogP) is 4.41. The summed E-state index contributed by atoms with van der Waals surface area (Å²) in [6.45, 7) is 10.9. The zero-order valence-electron chi connectivity index (χ0n) is 13.1. The molecule has 3 nitrogen and oxygen atoms in total. The summed E-state index contributed by atoms with van der Waals surface area (Å²) >= 11 is 0. The number of phenols is 1. The van der Waals surface area contributed by atoms with Crippen molar-refractivity contribution in [2.24, 2.45) is 5.92 Å². The van der Waals surface area contributed by atoms with E-state index < -0.39 is 0 Å². The van der Waals surface area contributed by atoms with Crippen LogP contribution in [-0.2, 0) is 0 Å². The van der Waals surface area contributed by atoms with Gasteiger partial charge in [-0.2, -0.15) is 0 Å². The number of aromatic hydroxyl groups is 1. The number of allylic oxidation sites excluding steroid dienone is 2. The topological polar surface area (TPSA) is 54.4 Å². The lowest BCUT2D eigenvalue weighted by atomic mass is 9.95. The lowest BCUT2D eigenvalue weighted by molar-refractivity contribution is 0.0965. The Morgan fingerprint density at radius 3 is 2.38 bits per heavy atom. The highest BCUT2D eigenvalue weighted by atomic mass is 16.3. The lowest BCUT2D eigenvalue weighted by Crippen LogP contribution is -2.06. The fourth-order valence-corrected chi connectivity index (χ4v) is 1.91. The van der Waals surface area contributed by atoms with Crippen LogP contribution in [0.25, 0.3) is 6.08 Å². The largest absolute Gasteiger partial charge is 0.507 e. The summed E-state index contributed by atoms with van der Waals surface area (Å²) in [5, 5.41) is 10.3. The van der Waals surface area contributed by atoms with E-state index >= 15 is 0 Å². The first-order valence-corrected chi connectivity index (χ1v) is 6.97. The maximum Gasteiger partial charge on any atom is 0.166 e. The van der Waals surface area contributed by atoms with Gasteiger partial charge in [0.2, 0.25) is 0 Å². The molecule has 0 bridgehead atoms. The molecule has 0 aliphatic carbocycles. The Hall–Kier alpha value is -2.16. The Balaban J connectivity index is 3.39. The standard InChI is InChI=1S/C18H22O3/c1-11(2)6-7-14-9-15(13(5)19)10-16(18(14)21)17(20)8-12(3)4/h6-7,9-10,12,21H,1,8H2,2-5H3. The Bertz CT molecular complexity index is 607. The van der Waals surface area contributed by atoms with Crippen LogP contribution < -0.4 is 0 Å². The zero-order valence-corrected chi connectivity index (χ0v) is 13.1. The first-order chi connectivity index (χ1) is 9.72. The van der Waals surface area contributed by atoms with Crippen molar-refractivity contribution in [1.29, 1.82) is 0 Å². The first kappa shape index (κ1) is 16.9. The van der Waals surface area contributed by atoms with Crippen molar-refractivity contribution in [2.45, 2.75) is 34.1 Å². The molecule has 1 rings (SSSR count). The van der Waals surface area contributed by atoms with E-state index in [0.717, 1.165) is 5.57 Å². The van der Waals surface area contributed by atoms with Gasteiger partial charge in [-0.3, -0.25) is 9.59 Å². The van der Waals surface area contributed by atoms with E-state index in [9.17, 15) is 14.7 Å².